The molecule has 0 bridgehead atoms. The van der Waals surface area contributed by atoms with Gasteiger partial charge in [0.2, 0.25) is 9.84 Å². The number of hydrogen-bond acceptors (Lipinski definition) is 6. The summed E-state index contributed by atoms with van der Waals surface area (Å²) in [6.07, 6.45) is 5.52. The van der Waals surface area contributed by atoms with E-state index in [0.29, 0.717) is 12.2 Å². The van der Waals surface area contributed by atoms with E-state index in [1.807, 2.05) is 18.2 Å². The van der Waals surface area contributed by atoms with E-state index in [1.54, 1.807) is 31.4 Å². The van der Waals surface area contributed by atoms with Gasteiger partial charge in [0.1, 0.15) is 5.75 Å². The third-order valence-corrected chi connectivity index (χ3v) is 6.89. The Morgan fingerprint density at radius 2 is 1.83 bits per heavy atom. The van der Waals surface area contributed by atoms with Crippen molar-refractivity contribution in [2.24, 2.45) is 0 Å². The Morgan fingerprint density at radius 1 is 1.07 bits per heavy atom. The number of rotatable bonds is 6. The number of aromatic nitrogens is 2. The van der Waals surface area contributed by atoms with E-state index < -0.39 is 9.84 Å². The van der Waals surface area contributed by atoms with Crippen molar-refractivity contribution in [1.82, 2.24) is 15.3 Å². The highest BCUT2D eigenvalue weighted by atomic mass is 32.2. The predicted octanol–water partition coefficient (Wildman–Crippen LogP) is 3.56. The van der Waals surface area contributed by atoms with Gasteiger partial charge in [0.15, 0.2) is 0 Å². The average molecular weight is 423 g/mol. The first-order chi connectivity index (χ1) is 14.6. The second kappa shape index (κ2) is 8.93. The lowest BCUT2D eigenvalue weighted by molar-refractivity contribution is 0.400. The summed E-state index contributed by atoms with van der Waals surface area (Å²) in [5.41, 5.74) is 2.06. The van der Waals surface area contributed by atoms with Gasteiger partial charge in [0, 0.05) is 24.4 Å². The largest absolute Gasteiger partial charge is 0.496 e. The number of piperidine rings is 1. The lowest BCUT2D eigenvalue weighted by Crippen LogP contribution is -2.34. The highest BCUT2D eigenvalue weighted by Crippen LogP contribution is 2.36. The van der Waals surface area contributed by atoms with Crippen molar-refractivity contribution in [1.29, 1.82) is 0 Å². The fraction of sp³-hybridized carbons (Fsp3) is 0.261. The minimum absolute atomic E-state index is 0.141. The van der Waals surface area contributed by atoms with Gasteiger partial charge in [-0.2, -0.15) is 0 Å². The highest BCUT2D eigenvalue weighted by molar-refractivity contribution is 7.91. The van der Waals surface area contributed by atoms with Crippen LogP contribution < -0.4 is 10.1 Å². The van der Waals surface area contributed by atoms with Gasteiger partial charge in [0.05, 0.1) is 12.0 Å². The molecule has 0 spiro atoms. The van der Waals surface area contributed by atoms with Gasteiger partial charge in [0.25, 0.3) is 5.16 Å². The van der Waals surface area contributed by atoms with Crippen molar-refractivity contribution in [2.75, 3.05) is 13.7 Å². The molecular formula is C23H24N3O3S. The monoisotopic (exact) mass is 422 g/mol. The van der Waals surface area contributed by atoms with Crippen molar-refractivity contribution in [3.8, 4) is 5.75 Å². The molecule has 0 unspecified atom stereocenters. The molecule has 0 saturated carbocycles. The molecule has 0 aliphatic carbocycles. The maximum Gasteiger partial charge on any atom is 0.251 e. The van der Waals surface area contributed by atoms with E-state index in [-0.39, 0.29) is 16.1 Å². The molecule has 3 aromatic rings. The van der Waals surface area contributed by atoms with E-state index in [1.165, 1.54) is 23.9 Å². The minimum Gasteiger partial charge on any atom is -0.496 e. The molecule has 1 fully saturated rings. The summed E-state index contributed by atoms with van der Waals surface area (Å²) in [4.78, 5) is 8.01. The average Bonchev–Trinajstić information content (AvgIpc) is 2.80. The van der Waals surface area contributed by atoms with E-state index >= 15 is 0 Å². The smallest absolute Gasteiger partial charge is 0.251 e. The third-order valence-electron chi connectivity index (χ3n) is 5.33. The molecule has 7 heteroatoms. The lowest BCUT2D eigenvalue weighted by atomic mass is 9.82. The summed E-state index contributed by atoms with van der Waals surface area (Å²) < 4.78 is 31.5. The molecule has 0 amide bonds. The van der Waals surface area contributed by atoms with Gasteiger partial charge in [-0.1, -0.05) is 30.3 Å². The van der Waals surface area contributed by atoms with Gasteiger partial charge in [-0.05, 0) is 61.2 Å². The Morgan fingerprint density at radius 3 is 2.57 bits per heavy atom. The molecule has 2 aromatic carbocycles. The van der Waals surface area contributed by atoms with Gasteiger partial charge >= 0.3 is 0 Å². The fourth-order valence-corrected chi connectivity index (χ4v) is 5.03. The quantitative estimate of drug-likeness (QED) is 0.612. The van der Waals surface area contributed by atoms with E-state index in [4.69, 9.17) is 4.74 Å². The Balaban J connectivity index is 1.67. The van der Waals surface area contributed by atoms with Crippen LogP contribution in [0.4, 0.5) is 0 Å². The zero-order chi connectivity index (χ0) is 21.0. The van der Waals surface area contributed by atoms with E-state index in [0.717, 1.165) is 24.9 Å². The molecule has 1 radical (unpaired) electrons. The number of benzene rings is 2. The topological polar surface area (TPSA) is 81.2 Å². The van der Waals surface area contributed by atoms with Crippen molar-refractivity contribution < 1.29 is 13.2 Å². The van der Waals surface area contributed by atoms with Gasteiger partial charge < -0.3 is 10.1 Å². The normalized spacial score (nSPS) is 17.6. The van der Waals surface area contributed by atoms with Crippen LogP contribution in [-0.2, 0) is 16.3 Å². The van der Waals surface area contributed by atoms with Crippen LogP contribution in [0.2, 0.25) is 0 Å². The van der Waals surface area contributed by atoms with Crippen molar-refractivity contribution in [2.45, 2.75) is 35.4 Å². The van der Waals surface area contributed by atoms with Crippen molar-refractivity contribution >= 4 is 9.84 Å². The summed E-state index contributed by atoms with van der Waals surface area (Å²) in [5, 5.41) is 3.40. The standard InChI is InChI=1S/C23H24N3O3S/c1-29-21-11-10-20(30(27,28)23-25-13-6-14-26-23)16-19(21)15-18-9-5-12-24-22(18)17-7-3-2-4-8-17/h2-4,6-8,10-11,13-14,16,22,24H,5,9,12,15H2,1H3/t22-/m1/s1. The molecule has 155 valence electrons. The zero-order valence-corrected chi connectivity index (χ0v) is 17.6. The van der Waals surface area contributed by atoms with E-state index in [9.17, 15) is 8.42 Å². The zero-order valence-electron chi connectivity index (χ0n) is 16.8. The fourth-order valence-electron chi connectivity index (χ4n) is 3.87. The lowest BCUT2D eigenvalue weighted by Gasteiger charge is -2.33. The number of nitrogens with one attached hydrogen (secondary N) is 1. The van der Waals surface area contributed by atoms with Crippen LogP contribution in [-0.4, -0.2) is 32.0 Å². The molecule has 1 aromatic heterocycles. The molecular weight excluding hydrogens is 398 g/mol. The van der Waals surface area contributed by atoms with Crippen LogP contribution in [0.1, 0.15) is 30.0 Å². The molecule has 2 heterocycles. The number of ether oxygens (including phenoxy) is 1. The summed E-state index contributed by atoms with van der Waals surface area (Å²) in [7, 11) is -2.19. The molecule has 1 aliphatic heterocycles. The summed E-state index contributed by atoms with van der Waals surface area (Å²) in [6.45, 7) is 0.958. The molecule has 1 aliphatic rings. The minimum atomic E-state index is -3.80. The predicted molar refractivity (Wildman–Crippen MR) is 114 cm³/mol. The van der Waals surface area contributed by atoms with Crippen LogP contribution in [0.5, 0.6) is 5.75 Å². The van der Waals surface area contributed by atoms with Gasteiger partial charge in [-0.25, -0.2) is 18.4 Å². The Kier molecular flexibility index (Phi) is 6.11. The van der Waals surface area contributed by atoms with Gasteiger partial charge in [-0.15, -0.1) is 0 Å². The SMILES string of the molecule is COc1ccc(S(=O)(=O)c2ncccn2)cc1C[C]1CCCN[C@@H]1c1ccccc1. The number of nitrogens with zero attached hydrogens (tertiary/aromatic N) is 2. The number of sulfone groups is 1. The maximum atomic E-state index is 13.0. The van der Waals surface area contributed by atoms with Crippen molar-refractivity contribution in [3.05, 3.63) is 84.0 Å². The molecule has 4 rings (SSSR count). The van der Waals surface area contributed by atoms with E-state index in [2.05, 4.69) is 27.4 Å². The van der Waals surface area contributed by atoms with Gasteiger partial charge in [-0.3, -0.25) is 0 Å². The third kappa shape index (κ3) is 4.22. The molecule has 30 heavy (non-hydrogen) atoms. The summed E-state index contributed by atoms with van der Waals surface area (Å²) in [6, 6.07) is 17.0. The summed E-state index contributed by atoms with van der Waals surface area (Å²) in [5.74, 6) is 1.99. The number of methoxy groups -OCH3 is 1. The van der Waals surface area contributed by atoms with Crippen molar-refractivity contribution in [3.63, 3.8) is 0 Å². The Labute approximate surface area is 177 Å². The molecule has 6 nitrogen and oxygen atoms in total. The molecule has 1 atom stereocenters. The first-order valence-corrected chi connectivity index (χ1v) is 11.4. The van der Waals surface area contributed by atoms with Crippen LogP contribution in [0, 0.1) is 5.92 Å². The Hall–Kier alpha value is -2.77. The second-order valence-corrected chi connectivity index (χ2v) is 9.09. The first kappa shape index (κ1) is 20.5. The van der Waals surface area contributed by atoms with Crippen LogP contribution in [0.15, 0.2) is 77.0 Å². The highest BCUT2D eigenvalue weighted by Gasteiger charge is 2.29. The van der Waals surface area contributed by atoms with Crippen LogP contribution >= 0.6 is 0 Å². The molecule has 1 N–H and O–H groups in total. The van der Waals surface area contributed by atoms with Crippen LogP contribution in [0.3, 0.4) is 0 Å². The Bertz CT molecular complexity index is 1090. The molecule has 1 saturated heterocycles. The van der Waals surface area contributed by atoms with Crippen LogP contribution in [0.25, 0.3) is 0 Å². The maximum absolute atomic E-state index is 13.0. The summed E-state index contributed by atoms with van der Waals surface area (Å²) >= 11 is 0. The number of hydrogen-bond donors (Lipinski definition) is 1. The second-order valence-electron chi connectivity index (χ2n) is 7.24. The first-order valence-electron chi connectivity index (χ1n) is 9.91.